The summed E-state index contributed by atoms with van der Waals surface area (Å²) in [6, 6.07) is 11.0. The molecule has 0 spiro atoms. The van der Waals surface area contributed by atoms with Crippen molar-refractivity contribution in [3.05, 3.63) is 70.0 Å². The number of carbonyl (C=O) groups is 3. The molecule has 0 saturated carbocycles. The number of fused-ring (bicyclic) bond motifs is 1. The lowest BCUT2D eigenvalue weighted by atomic mass is 10.1. The second-order valence-corrected chi connectivity index (χ2v) is 6.27. The van der Waals surface area contributed by atoms with Gasteiger partial charge in [0.25, 0.3) is 11.8 Å². The highest BCUT2D eigenvalue weighted by Crippen LogP contribution is 2.29. The molecule has 0 aromatic heterocycles. The summed E-state index contributed by atoms with van der Waals surface area (Å²) in [7, 11) is 0. The van der Waals surface area contributed by atoms with Crippen molar-refractivity contribution in [2.24, 2.45) is 0 Å². The Labute approximate surface area is 154 Å². The predicted molar refractivity (Wildman–Crippen MR) is 94.5 cm³/mol. The molecule has 0 bridgehead atoms. The van der Waals surface area contributed by atoms with Crippen molar-refractivity contribution in [1.82, 2.24) is 10.2 Å². The number of rotatable bonds is 6. The minimum atomic E-state index is -0.491. The molecule has 1 heterocycles. The average molecular weight is 375 g/mol. The lowest BCUT2D eigenvalue weighted by Crippen LogP contribution is -2.35. The van der Waals surface area contributed by atoms with Crippen LogP contribution in [0.15, 0.2) is 42.5 Å². The van der Waals surface area contributed by atoms with Crippen LogP contribution in [0.3, 0.4) is 0 Å². The van der Waals surface area contributed by atoms with Crippen LogP contribution in [-0.4, -0.2) is 35.7 Å². The second kappa shape index (κ2) is 7.66. The van der Waals surface area contributed by atoms with Crippen LogP contribution in [0.25, 0.3) is 0 Å². The third-order valence-electron chi connectivity index (χ3n) is 4.19. The fraction of sp³-hybridized carbons (Fsp3) is 0.211. The maximum atomic E-state index is 13.5. The minimum Gasteiger partial charge on any atom is -0.356 e. The van der Waals surface area contributed by atoms with Gasteiger partial charge in [0.2, 0.25) is 5.91 Å². The lowest BCUT2D eigenvalue weighted by Gasteiger charge is -2.13. The van der Waals surface area contributed by atoms with Gasteiger partial charge in [-0.3, -0.25) is 19.3 Å². The molecule has 3 rings (SSSR count). The van der Waals surface area contributed by atoms with Gasteiger partial charge in [0.15, 0.2) is 0 Å². The van der Waals surface area contributed by atoms with Gasteiger partial charge in [0.05, 0.1) is 16.1 Å². The molecule has 0 fully saturated rings. The number of nitrogens with zero attached hydrogens (tertiary/aromatic N) is 1. The van der Waals surface area contributed by atoms with E-state index in [2.05, 4.69) is 5.32 Å². The number of halogens is 2. The molecule has 1 aliphatic heterocycles. The fourth-order valence-electron chi connectivity index (χ4n) is 2.83. The number of hydrogen-bond donors (Lipinski definition) is 1. The second-order valence-electron chi connectivity index (χ2n) is 5.87. The van der Waals surface area contributed by atoms with Crippen LogP contribution >= 0.6 is 11.6 Å². The Morgan fingerprint density at radius 3 is 2.58 bits per heavy atom. The number of carbonyl (C=O) groups excluding carboxylic acids is 3. The van der Waals surface area contributed by atoms with Gasteiger partial charge in [-0.2, -0.15) is 0 Å². The maximum Gasteiger partial charge on any atom is 0.263 e. The first kappa shape index (κ1) is 18.1. The molecule has 1 N–H and O–H groups in total. The van der Waals surface area contributed by atoms with E-state index in [4.69, 9.17) is 11.6 Å². The van der Waals surface area contributed by atoms with Gasteiger partial charge >= 0.3 is 0 Å². The number of nitrogens with one attached hydrogen (secondary N) is 1. The zero-order chi connectivity index (χ0) is 18.7. The molecular weight excluding hydrogens is 359 g/mol. The number of imide groups is 1. The first-order chi connectivity index (χ1) is 12.5. The summed E-state index contributed by atoms with van der Waals surface area (Å²) in [5.74, 6) is -1.57. The Morgan fingerprint density at radius 2 is 1.85 bits per heavy atom. The average Bonchev–Trinajstić information content (AvgIpc) is 2.87. The maximum absolute atomic E-state index is 13.5. The number of benzene rings is 2. The molecule has 134 valence electrons. The summed E-state index contributed by atoms with van der Waals surface area (Å²) in [4.78, 5) is 37.6. The minimum absolute atomic E-state index is 0.0274. The van der Waals surface area contributed by atoms with Gasteiger partial charge < -0.3 is 5.32 Å². The Kier molecular flexibility index (Phi) is 5.32. The standard InChI is InChI=1S/C19H16ClFN2O3/c20-14-6-3-5-13-17(14)19(26)23(18(13)25)11-9-16(24)22-10-8-12-4-1-2-7-15(12)21/h1-7H,8-11H2,(H,22,24). The van der Waals surface area contributed by atoms with Gasteiger partial charge in [-0.25, -0.2) is 4.39 Å². The van der Waals surface area contributed by atoms with Crippen molar-refractivity contribution in [2.45, 2.75) is 12.8 Å². The van der Waals surface area contributed by atoms with Crippen LogP contribution in [0.2, 0.25) is 5.02 Å². The zero-order valence-corrected chi connectivity index (χ0v) is 14.6. The molecule has 0 saturated heterocycles. The first-order valence-corrected chi connectivity index (χ1v) is 8.51. The molecule has 0 radical (unpaired) electrons. The van der Waals surface area contributed by atoms with E-state index in [9.17, 15) is 18.8 Å². The van der Waals surface area contributed by atoms with Crippen LogP contribution in [0, 0.1) is 5.82 Å². The topological polar surface area (TPSA) is 66.5 Å². The van der Waals surface area contributed by atoms with Gasteiger partial charge in [-0.05, 0) is 30.2 Å². The molecule has 1 aliphatic rings. The lowest BCUT2D eigenvalue weighted by molar-refractivity contribution is -0.121. The normalized spacial score (nSPS) is 13.1. The Bertz CT molecular complexity index is 885. The van der Waals surface area contributed by atoms with Crippen LogP contribution in [0.1, 0.15) is 32.7 Å². The van der Waals surface area contributed by atoms with Crippen LogP contribution in [0.4, 0.5) is 4.39 Å². The SMILES string of the molecule is O=C(CCN1C(=O)c2cccc(Cl)c2C1=O)NCCc1ccccc1F. The predicted octanol–water partition coefficient (Wildman–Crippen LogP) is 2.82. The Morgan fingerprint density at radius 1 is 1.08 bits per heavy atom. The van der Waals surface area contributed by atoms with Crippen molar-refractivity contribution < 1.29 is 18.8 Å². The molecule has 5 nitrogen and oxygen atoms in total. The van der Waals surface area contributed by atoms with Crippen molar-refractivity contribution in [1.29, 1.82) is 0 Å². The van der Waals surface area contributed by atoms with Gasteiger partial charge in [0, 0.05) is 19.5 Å². The Hall–Kier alpha value is -2.73. The highest BCUT2D eigenvalue weighted by Gasteiger charge is 2.36. The third-order valence-corrected chi connectivity index (χ3v) is 4.50. The molecule has 0 atom stereocenters. The fourth-order valence-corrected chi connectivity index (χ4v) is 3.09. The van der Waals surface area contributed by atoms with E-state index in [1.54, 1.807) is 30.3 Å². The first-order valence-electron chi connectivity index (χ1n) is 8.14. The molecule has 0 unspecified atom stereocenters. The summed E-state index contributed by atoms with van der Waals surface area (Å²) in [5.41, 5.74) is 0.948. The third kappa shape index (κ3) is 3.60. The summed E-state index contributed by atoms with van der Waals surface area (Å²) in [6.07, 6.45) is 0.335. The van der Waals surface area contributed by atoms with Crippen LogP contribution < -0.4 is 5.32 Å². The Balaban J connectivity index is 1.51. The van der Waals surface area contributed by atoms with Gasteiger partial charge in [0.1, 0.15) is 5.82 Å². The van der Waals surface area contributed by atoms with E-state index in [0.29, 0.717) is 12.0 Å². The van der Waals surface area contributed by atoms with E-state index in [0.717, 1.165) is 4.90 Å². The summed E-state index contributed by atoms with van der Waals surface area (Å²) in [6.45, 7) is 0.238. The zero-order valence-electron chi connectivity index (χ0n) is 13.8. The number of hydrogen-bond acceptors (Lipinski definition) is 3. The van der Waals surface area contributed by atoms with E-state index in [1.807, 2.05) is 0 Å². The van der Waals surface area contributed by atoms with Crippen LogP contribution in [0.5, 0.6) is 0 Å². The van der Waals surface area contributed by atoms with E-state index in [1.165, 1.54) is 12.1 Å². The molecular formula is C19H16ClFN2O3. The van der Waals surface area contributed by atoms with Gasteiger partial charge in [-0.1, -0.05) is 35.9 Å². The van der Waals surface area contributed by atoms with Crippen molar-refractivity contribution in [3.8, 4) is 0 Å². The van der Waals surface area contributed by atoms with E-state index >= 15 is 0 Å². The van der Waals surface area contributed by atoms with E-state index in [-0.39, 0.29) is 47.4 Å². The summed E-state index contributed by atoms with van der Waals surface area (Å²) in [5, 5.41) is 2.88. The molecule has 2 aromatic rings. The highest BCUT2D eigenvalue weighted by molar-refractivity contribution is 6.37. The van der Waals surface area contributed by atoms with Crippen molar-refractivity contribution in [3.63, 3.8) is 0 Å². The number of amides is 3. The van der Waals surface area contributed by atoms with Crippen LogP contribution in [-0.2, 0) is 11.2 Å². The van der Waals surface area contributed by atoms with Crippen molar-refractivity contribution >= 4 is 29.3 Å². The van der Waals surface area contributed by atoms with E-state index < -0.39 is 11.8 Å². The molecule has 26 heavy (non-hydrogen) atoms. The molecule has 7 heteroatoms. The largest absolute Gasteiger partial charge is 0.356 e. The molecule has 2 aromatic carbocycles. The summed E-state index contributed by atoms with van der Waals surface area (Å²) >= 11 is 5.99. The van der Waals surface area contributed by atoms with Gasteiger partial charge in [-0.15, -0.1) is 0 Å². The summed E-state index contributed by atoms with van der Waals surface area (Å²) < 4.78 is 13.5. The van der Waals surface area contributed by atoms with Crippen molar-refractivity contribution in [2.75, 3.05) is 13.1 Å². The molecule has 3 amide bonds. The quantitative estimate of drug-likeness (QED) is 0.791. The monoisotopic (exact) mass is 374 g/mol. The smallest absolute Gasteiger partial charge is 0.263 e. The molecule has 0 aliphatic carbocycles. The highest BCUT2D eigenvalue weighted by atomic mass is 35.5.